The molecule has 19 heavy (non-hydrogen) atoms. The van der Waals surface area contributed by atoms with Crippen LogP contribution in [0.15, 0.2) is 24.3 Å². The van der Waals surface area contributed by atoms with Gasteiger partial charge in [0.05, 0.1) is 13.3 Å². The molecular formula is C12H13FN4O2. The van der Waals surface area contributed by atoms with Crippen molar-refractivity contribution in [2.75, 3.05) is 13.3 Å². The molecule has 1 amide bonds. The molecule has 0 aliphatic rings. The maximum atomic E-state index is 11.9. The van der Waals surface area contributed by atoms with Gasteiger partial charge in [-0.1, -0.05) is 0 Å². The van der Waals surface area contributed by atoms with Crippen molar-refractivity contribution in [2.45, 2.75) is 6.42 Å². The number of nitrogens with one attached hydrogen (secondary N) is 1. The first-order valence-corrected chi connectivity index (χ1v) is 5.72. The van der Waals surface area contributed by atoms with E-state index in [4.69, 9.17) is 10.5 Å². The van der Waals surface area contributed by atoms with Gasteiger partial charge in [-0.2, -0.15) is 15.4 Å². The topological polar surface area (TPSA) is 93.9 Å². The zero-order valence-electron chi connectivity index (χ0n) is 10.1. The van der Waals surface area contributed by atoms with E-state index in [0.29, 0.717) is 30.0 Å². The summed E-state index contributed by atoms with van der Waals surface area (Å²) < 4.78 is 17.2. The smallest absolute Gasteiger partial charge is 0.271 e. The van der Waals surface area contributed by atoms with E-state index in [1.54, 1.807) is 24.3 Å². The minimum Gasteiger partial charge on any atom is -0.493 e. The fraction of sp³-hybridized carbons (Fsp3) is 0.250. The molecule has 0 atom stereocenters. The van der Waals surface area contributed by atoms with Gasteiger partial charge in [-0.3, -0.25) is 9.18 Å². The first-order valence-electron chi connectivity index (χ1n) is 5.72. The lowest BCUT2D eigenvalue weighted by Crippen LogP contribution is -2.12. The fourth-order valence-electron chi connectivity index (χ4n) is 1.56. The number of rotatable bonds is 6. The molecular weight excluding hydrogens is 251 g/mol. The van der Waals surface area contributed by atoms with Gasteiger partial charge in [0.2, 0.25) is 0 Å². The van der Waals surface area contributed by atoms with Crippen molar-refractivity contribution in [3.63, 3.8) is 0 Å². The second-order valence-electron chi connectivity index (χ2n) is 3.80. The molecule has 0 aliphatic heterocycles. The average molecular weight is 264 g/mol. The number of amides is 1. The molecule has 6 nitrogen and oxygen atoms in total. The maximum absolute atomic E-state index is 11.9. The van der Waals surface area contributed by atoms with Gasteiger partial charge in [-0.05, 0) is 24.3 Å². The molecule has 0 aliphatic carbocycles. The van der Waals surface area contributed by atoms with Gasteiger partial charge in [0.25, 0.3) is 5.91 Å². The lowest BCUT2D eigenvalue weighted by molar-refractivity contribution is 0.0996. The zero-order chi connectivity index (χ0) is 13.7. The monoisotopic (exact) mass is 264 g/mol. The van der Waals surface area contributed by atoms with E-state index in [-0.39, 0.29) is 5.69 Å². The van der Waals surface area contributed by atoms with Crippen LogP contribution >= 0.6 is 0 Å². The third-order valence-corrected chi connectivity index (χ3v) is 2.46. The molecule has 0 unspecified atom stereocenters. The largest absolute Gasteiger partial charge is 0.493 e. The summed E-state index contributed by atoms with van der Waals surface area (Å²) in [6, 6.07) is 6.89. The third kappa shape index (κ3) is 3.06. The van der Waals surface area contributed by atoms with Crippen LogP contribution in [0, 0.1) is 0 Å². The molecule has 2 aromatic rings. The number of primary amides is 1. The Balaban J connectivity index is 2.13. The molecule has 0 saturated heterocycles. The van der Waals surface area contributed by atoms with Crippen LogP contribution in [0.25, 0.3) is 11.3 Å². The van der Waals surface area contributed by atoms with Crippen molar-refractivity contribution >= 4 is 5.91 Å². The number of hydrogen-bond donors (Lipinski definition) is 2. The third-order valence-electron chi connectivity index (χ3n) is 2.46. The van der Waals surface area contributed by atoms with Crippen molar-refractivity contribution < 1.29 is 13.9 Å². The average Bonchev–Trinajstić information content (AvgIpc) is 2.89. The molecule has 1 aromatic carbocycles. The van der Waals surface area contributed by atoms with Crippen molar-refractivity contribution in [3.8, 4) is 17.0 Å². The van der Waals surface area contributed by atoms with Crippen LogP contribution in [-0.2, 0) is 0 Å². The second kappa shape index (κ2) is 5.94. The van der Waals surface area contributed by atoms with Gasteiger partial charge in [0.15, 0.2) is 5.69 Å². The highest BCUT2D eigenvalue weighted by atomic mass is 19.1. The van der Waals surface area contributed by atoms with Crippen LogP contribution < -0.4 is 10.5 Å². The van der Waals surface area contributed by atoms with E-state index >= 15 is 0 Å². The van der Waals surface area contributed by atoms with Crippen molar-refractivity contribution in [3.05, 3.63) is 30.0 Å². The SMILES string of the molecule is NC(=O)c1n[nH]nc1-c1ccc(OCCCF)cc1. The summed E-state index contributed by atoms with van der Waals surface area (Å²) in [4.78, 5) is 11.1. The molecule has 1 heterocycles. The number of carbonyl (C=O) groups is 1. The minimum atomic E-state index is -0.646. The lowest BCUT2D eigenvalue weighted by atomic mass is 10.1. The molecule has 2 rings (SSSR count). The summed E-state index contributed by atoms with van der Waals surface area (Å²) in [5, 5.41) is 9.94. The van der Waals surface area contributed by atoms with Crippen LogP contribution in [0.1, 0.15) is 16.9 Å². The van der Waals surface area contributed by atoms with E-state index in [0.717, 1.165) is 0 Å². The Morgan fingerprint density at radius 2 is 2.05 bits per heavy atom. The summed E-state index contributed by atoms with van der Waals surface area (Å²) in [7, 11) is 0. The fourth-order valence-corrected chi connectivity index (χ4v) is 1.56. The summed E-state index contributed by atoms with van der Waals surface area (Å²) in [6.45, 7) is -0.0780. The lowest BCUT2D eigenvalue weighted by Gasteiger charge is -2.05. The van der Waals surface area contributed by atoms with Crippen LogP contribution in [0.4, 0.5) is 4.39 Å². The van der Waals surface area contributed by atoms with Gasteiger partial charge >= 0.3 is 0 Å². The van der Waals surface area contributed by atoms with Crippen molar-refractivity contribution in [1.82, 2.24) is 15.4 Å². The summed E-state index contributed by atoms with van der Waals surface area (Å²) >= 11 is 0. The number of hydrogen-bond acceptors (Lipinski definition) is 4. The standard InChI is InChI=1S/C12H13FN4O2/c13-6-1-7-19-9-4-2-8(3-5-9)10-11(12(14)18)16-17-15-10/h2-5H,1,6-7H2,(H2,14,18)(H,15,16,17). The quantitative estimate of drug-likeness (QED) is 0.769. The van der Waals surface area contributed by atoms with Crippen LogP contribution in [0.3, 0.4) is 0 Å². The van der Waals surface area contributed by atoms with Crippen molar-refractivity contribution in [1.29, 1.82) is 0 Å². The molecule has 0 radical (unpaired) electrons. The highest BCUT2D eigenvalue weighted by molar-refractivity contribution is 5.96. The summed E-state index contributed by atoms with van der Waals surface area (Å²) in [6.07, 6.45) is 0.358. The molecule has 1 aromatic heterocycles. The first-order chi connectivity index (χ1) is 9.22. The second-order valence-corrected chi connectivity index (χ2v) is 3.80. The summed E-state index contributed by atoms with van der Waals surface area (Å²) in [5.41, 5.74) is 6.36. The number of aromatic nitrogens is 3. The molecule has 0 saturated carbocycles. The Labute approximate surface area is 108 Å². The maximum Gasteiger partial charge on any atom is 0.271 e. The van der Waals surface area contributed by atoms with E-state index < -0.39 is 12.6 Å². The van der Waals surface area contributed by atoms with E-state index in [1.807, 2.05) is 0 Å². The number of ether oxygens (including phenoxy) is 1. The number of H-pyrrole nitrogens is 1. The predicted molar refractivity (Wildman–Crippen MR) is 66.4 cm³/mol. The van der Waals surface area contributed by atoms with Crippen molar-refractivity contribution in [2.24, 2.45) is 5.73 Å². The number of nitrogens with two attached hydrogens (primary N) is 1. The number of alkyl halides is 1. The predicted octanol–water partition coefficient (Wildman–Crippen LogP) is 1.31. The van der Waals surface area contributed by atoms with Gasteiger partial charge in [0, 0.05) is 12.0 Å². The highest BCUT2D eigenvalue weighted by Crippen LogP contribution is 2.22. The van der Waals surface area contributed by atoms with E-state index in [1.165, 1.54) is 0 Å². The van der Waals surface area contributed by atoms with Crippen LogP contribution in [-0.4, -0.2) is 34.6 Å². The molecule has 0 spiro atoms. The molecule has 0 fully saturated rings. The number of aromatic amines is 1. The number of nitrogens with zero attached hydrogens (tertiary/aromatic N) is 2. The highest BCUT2D eigenvalue weighted by Gasteiger charge is 2.14. The first kappa shape index (κ1) is 13.0. The minimum absolute atomic E-state index is 0.0890. The number of benzene rings is 1. The molecule has 100 valence electrons. The molecule has 7 heteroatoms. The Morgan fingerprint density at radius 1 is 1.32 bits per heavy atom. The van der Waals surface area contributed by atoms with E-state index in [2.05, 4.69) is 15.4 Å². The molecule has 0 bridgehead atoms. The Hall–Kier alpha value is -2.44. The molecule has 3 N–H and O–H groups in total. The van der Waals surface area contributed by atoms with Crippen LogP contribution in [0.5, 0.6) is 5.75 Å². The van der Waals surface area contributed by atoms with Gasteiger partial charge in [0.1, 0.15) is 11.4 Å². The normalized spacial score (nSPS) is 10.4. The Morgan fingerprint density at radius 3 is 2.68 bits per heavy atom. The Bertz CT molecular complexity index is 553. The van der Waals surface area contributed by atoms with E-state index in [9.17, 15) is 9.18 Å². The Kier molecular flexibility index (Phi) is 4.07. The van der Waals surface area contributed by atoms with Crippen LogP contribution in [0.2, 0.25) is 0 Å². The van der Waals surface area contributed by atoms with Gasteiger partial charge in [-0.15, -0.1) is 0 Å². The summed E-state index contributed by atoms with van der Waals surface area (Å²) in [5.74, 6) is -0.0201. The van der Waals surface area contributed by atoms with Gasteiger partial charge < -0.3 is 10.5 Å². The number of carbonyl (C=O) groups excluding carboxylic acids is 1. The zero-order valence-corrected chi connectivity index (χ0v) is 10.1. The number of halogens is 1. The van der Waals surface area contributed by atoms with Gasteiger partial charge in [-0.25, -0.2) is 0 Å².